The predicted molar refractivity (Wildman–Crippen MR) is 72.9 cm³/mol. The normalized spacial score (nSPS) is 18.1. The highest BCUT2D eigenvalue weighted by atomic mass is 15.1. The Morgan fingerprint density at radius 1 is 1.41 bits per heavy atom. The van der Waals surface area contributed by atoms with Crippen LogP contribution in [0.15, 0.2) is 24.3 Å². The van der Waals surface area contributed by atoms with E-state index in [1.165, 1.54) is 36.9 Å². The van der Waals surface area contributed by atoms with Crippen molar-refractivity contribution in [2.75, 3.05) is 20.1 Å². The molecule has 1 aromatic carbocycles. The van der Waals surface area contributed by atoms with Crippen LogP contribution >= 0.6 is 0 Å². The summed E-state index contributed by atoms with van der Waals surface area (Å²) in [5.74, 6) is 0.921. The van der Waals surface area contributed by atoms with Crippen LogP contribution in [-0.2, 0) is 0 Å². The van der Waals surface area contributed by atoms with Gasteiger partial charge in [0.1, 0.15) is 0 Å². The third kappa shape index (κ3) is 3.55. The minimum atomic E-state index is 0.139. The minimum Gasteiger partial charge on any atom is -0.323 e. The van der Waals surface area contributed by atoms with Crippen LogP contribution in [0.2, 0.25) is 0 Å². The number of benzene rings is 1. The Bertz CT molecular complexity index is 358. The fraction of sp³-hybridized carbons (Fsp3) is 0.600. The Labute approximate surface area is 105 Å². The summed E-state index contributed by atoms with van der Waals surface area (Å²) in [5, 5.41) is 0. The molecular formula is C15H24N2. The third-order valence-corrected chi connectivity index (χ3v) is 3.77. The molecule has 2 N–H and O–H groups in total. The second-order valence-corrected chi connectivity index (χ2v) is 5.54. The number of nitrogens with zero attached hydrogens (tertiary/aromatic N) is 1. The van der Waals surface area contributed by atoms with Crippen LogP contribution in [0.3, 0.4) is 0 Å². The van der Waals surface area contributed by atoms with Crippen molar-refractivity contribution >= 4 is 0 Å². The summed E-state index contributed by atoms with van der Waals surface area (Å²) in [6.45, 7) is 4.29. The minimum absolute atomic E-state index is 0.139. The highest BCUT2D eigenvalue weighted by Crippen LogP contribution is 2.27. The molecule has 1 fully saturated rings. The van der Waals surface area contributed by atoms with Gasteiger partial charge in [-0.2, -0.15) is 0 Å². The fourth-order valence-corrected chi connectivity index (χ4v) is 2.53. The first-order valence-electron chi connectivity index (χ1n) is 6.66. The van der Waals surface area contributed by atoms with Crippen LogP contribution in [0, 0.1) is 12.8 Å². The van der Waals surface area contributed by atoms with Crippen LogP contribution in [0.1, 0.15) is 36.4 Å². The molecule has 0 bridgehead atoms. The lowest BCUT2D eigenvalue weighted by Gasteiger charge is -2.31. The first kappa shape index (κ1) is 12.6. The molecule has 94 valence electrons. The van der Waals surface area contributed by atoms with Crippen molar-refractivity contribution in [1.29, 1.82) is 0 Å². The molecule has 0 heterocycles. The Kier molecular flexibility index (Phi) is 4.19. The van der Waals surface area contributed by atoms with E-state index in [2.05, 4.69) is 43.1 Å². The molecule has 1 aromatic rings. The van der Waals surface area contributed by atoms with Crippen molar-refractivity contribution in [2.45, 2.75) is 32.2 Å². The van der Waals surface area contributed by atoms with Crippen molar-refractivity contribution < 1.29 is 0 Å². The number of rotatable bonds is 5. The quantitative estimate of drug-likeness (QED) is 0.846. The first-order valence-corrected chi connectivity index (χ1v) is 6.66. The highest BCUT2D eigenvalue weighted by molar-refractivity contribution is 5.25. The van der Waals surface area contributed by atoms with Gasteiger partial charge in [-0.3, -0.25) is 0 Å². The van der Waals surface area contributed by atoms with E-state index < -0.39 is 0 Å². The zero-order chi connectivity index (χ0) is 12.3. The summed E-state index contributed by atoms with van der Waals surface area (Å²) >= 11 is 0. The number of hydrogen-bond donors (Lipinski definition) is 1. The zero-order valence-corrected chi connectivity index (χ0v) is 11.0. The molecule has 0 spiro atoms. The number of likely N-dealkylation sites (N-methyl/N-ethyl adjacent to an activating group) is 1. The maximum absolute atomic E-state index is 6.26. The molecule has 17 heavy (non-hydrogen) atoms. The average Bonchev–Trinajstić information content (AvgIpc) is 2.23. The molecule has 1 saturated carbocycles. The van der Waals surface area contributed by atoms with Crippen LogP contribution in [0.25, 0.3) is 0 Å². The smallest absolute Gasteiger partial charge is 0.0424 e. The Morgan fingerprint density at radius 2 is 2.18 bits per heavy atom. The Morgan fingerprint density at radius 3 is 2.76 bits per heavy atom. The van der Waals surface area contributed by atoms with E-state index in [1.54, 1.807) is 0 Å². The summed E-state index contributed by atoms with van der Waals surface area (Å²) < 4.78 is 0. The van der Waals surface area contributed by atoms with Crippen molar-refractivity contribution in [3.05, 3.63) is 35.4 Å². The molecule has 1 aliphatic rings. The Balaban J connectivity index is 1.84. The van der Waals surface area contributed by atoms with Gasteiger partial charge >= 0.3 is 0 Å². The van der Waals surface area contributed by atoms with E-state index in [0.29, 0.717) is 0 Å². The van der Waals surface area contributed by atoms with Gasteiger partial charge in [-0.25, -0.2) is 0 Å². The Hall–Kier alpha value is -0.860. The van der Waals surface area contributed by atoms with E-state index in [4.69, 9.17) is 5.73 Å². The molecule has 0 radical (unpaired) electrons. The van der Waals surface area contributed by atoms with Crippen LogP contribution in [-0.4, -0.2) is 25.0 Å². The standard InChI is InChI=1S/C15H24N2/c1-12-5-3-8-14(9-12)15(16)11-17(2)10-13-6-4-7-13/h3,5,8-9,13,15H,4,6-7,10-11,16H2,1-2H3. The monoisotopic (exact) mass is 232 g/mol. The number of hydrogen-bond acceptors (Lipinski definition) is 2. The molecular weight excluding hydrogens is 208 g/mol. The first-order chi connectivity index (χ1) is 8.15. The molecule has 1 unspecified atom stereocenters. The molecule has 0 aromatic heterocycles. The van der Waals surface area contributed by atoms with Gasteiger partial charge in [0.15, 0.2) is 0 Å². The van der Waals surface area contributed by atoms with Gasteiger partial charge < -0.3 is 10.6 Å². The van der Waals surface area contributed by atoms with Crippen molar-refractivity contribution in [3.63, 3.8) is 0 Å². The molecule has 0 aliphatic heterocycles. The lowest BCUT2D eigenvalue weighted by atomic mass is 9.85. The maximum Gasteiger partial charge on any atom is 0.0424 e. The summed E-state index contributed by atoms with van der Waals surface area (Å²) in [6, 6.07) is 8.68. The predicted octanol–water partition coefficient (Wildman–Crippen LogP) is 2.73. The molecule has 2 heteroatoms. The lowest BCUT2D eigenvalue weighted by Crippen LogP contribution is -2.34. The molecule has 0 saturated heterocycles. The van der Waals surface area contributed by atoms with Crippen molar-refractivity contribution in [1.82, 2.24) is 4.90 Å². The van der Waals surface area contributed by atoms with E-state index in [9.17, 15) is 0 Å². The summed E-state index contributed by atoms with van der Waals surface area (Å²) in [6.07, 6.45) is 4.23. The fourth-order valence-electron chi connectivity index (χ4n) is 2.53. The maximum atomic E-state index is 6.26. The van der Waals surface area contributed by atoms with Gasteiger partial charge in [0.2, 0.25) is 0 Å². The molecule has 2 nitrogen and oxygen atoms in total. The van der Waals surface area contributed by atoms with E-state index in [1.807, 2.05) is 0 Å². The molecule has 1 aliphatic carbocycles. The third-order valence-electron chi connectivity index (χ3n) is 3.77. The van der Waals surface area contributed by atoms with Crippen LogP contribution in [0.5, 0.6) is 0 Å². The largest absolute Gasteiger partial charge is 0.323 e. The highest BCUT2D eigenvalue weighted by Gasteiger charge is 2.20. The zero-order valence-electron chi connectivity index (χ0n) is 11.0. The van der Waals surface area contributed by atoms with Crippen molar-refractivity contribution in [2.24, 2.45) is 11.7 Å². The van der Waals surface area contributed by atoms with Gasteiger partial charge in [-0.15, -0.1) is 0 Å². The van der Waals surface area contributed by atoms with Crippen LogP contribution < -0.4 is 5.73 Å². The number of aryl methyl sites for hydroxylation is 1. The topological polar surface area (TPSA) is 29.3 Å². The van der Waals surface area contributed by atoms with Crippen molar-refractivity contribution in [3.8, 4) is 0 Å². The summed E-state index contributed by atoms with van der Waals surface area (Å²) in [4.78, 5) is 2.39. The van der Waals surface area contributed by atoms with Gasteiger partial charge in [0.05, 0.1) is 0 Å². The summed E-state index contributed by atoms with van der Waals surface area (Å²) in [7, 11) is 2.19. The van der Waals surface area contributed by atoms with Crippen LogP contribution in [0.4, 0.5) is 0 Å². The second kappa shape index (κ2) is 5.65. The molecule has 1 atom stereocenters. The number of nitrogens with two attached hydrogens (primary N) is 1. The second-order valence-electron chi connectivity index (χ2n) is 5.54. The lowest BCUT2D eigenvalue weighted by molar-refractivity contribution is 0.198. The summed E-state index contributed by atoms with van der Waals surface area (Å²) in [5.41, 5.74) is 8.80. The SMILES string of the molecule is Cc1cccc(C(N)CN(C)CC2CCC2)c1. The van der Waals surface area contributed by atoms with Gasteiger partial charge in [-0.05, 0) is 38.3 Å². The van der Waals surface area contributed by atoms with E-state index in [0.717, 1.165) is 12.5 Å². The van der Waals surface area contributed by atoms with E-state index >= 15 is 0 Å². The van der Waals surface area contributed by atoms with Gasteiger partial charge in [-0.1, -0.05) is 36.2 Å². The van der Waals surface area contributed by atoms with Gasteiger partial charge in [0.25, 0.3) is 0 Å². The molecule has 2 rings (SSSR count). The molecule has 0 amide bonds. The van der Waals surface area contributed by atoms with E-state index in [-0.39, 0.29) is 6.04 Å². The van der Waals surface area contributed by atoms with Gasteiger partial charge in [0, 0.05) is 19.1 Å². The average molecular weight is 232 g/mol.